The molecule has 2 aromatic carbocycles. The van der Waals surface area contributed by atoms with E-state index in [1.807, 2.05) is 35.8 Å². The number of nitro benzene ring substituents is 1. The number of carbonyl (C=O) groups is 1. The van der Waals surface area contributed by atoms with E-state index < -0.39 is 10.2 Å². The van der Waals surface area contributed by atoms with Crippen molar-refractivity contribution >= 4 is 35.0 Å². The van der Waals surface area contributed by atoms with E-state index in [-0.39, 0.29) is 17.3 Å². The lowest BCUT2D eigenvalue weighted by Crippen LogP contribution is -2.38. The van der Waals surface area contributed by atoms with Crippen molar-refractivity contribution in [1.29, 1.82) is 0 Å². The first-order chi connectivity index (χ1) is 16.9. The predicted octanol–water partition coefficient (Wildman–Crippen LogP) is 3.45. The fourth-order valence-corrected chi connectivity index (χ4v) is 4.54. The molecule has 0 saturated carbocycles. The van der Waals surface area contributed by atoms with Crippen LogP contribution in [0.3, 0.4) is 0 Å². The van der Waals surface area contributed by atoms with Gasteiger partial charge < -0.3 is 19.7 Å². The molecule has 1 atom stereocenters. The number of carbonyl (C=O) groups excluding carboxylic acids is 1. The molecule has 1 unspecified atom stereocenters. The highest BCUT2D eigenvalue weighted by molar-refractivity contribution is 8.00. The smallest absolute Gasteiger partial charge is 0.271 e. The minimum absolute atomic E-state index is 0.143. The first-order valence-corrected chi connectivity index (χ1v) is 11.9. The number of amides is 1. The van der Waals surface area contributed by atoms with Gasteiger partial charge in [-0.2, -0.15) is 0 Å². The third-order valence-electron chi connectivity index (χ3n) is 5.57. The van der Waals surface area contributed by atoms with Gasteiger partial charge in [-0.3, -0.25) is 19.5 Å². The number of nitrogens with zero attached hydrogens (tertiary/aromatic N) is 5. The quantitative estimate of drug-likeness (QED) is 0.282. The monoisotopic (exact) mass is 498 g/mol. The van der Waals surface area contributed by atoms with Crippen molar-refractivity contribution < 1.29 is 19.2 Å². The van der Waals surface area contributed by atoms with Crippen LogP contribution in [0.5, 0.6) is 5.75 Å². The zero-order valence-corrected chi connectivity index (χ0v) is 20.4. The average molecular weight is 499 g/mol. The Hall–Kier alpha value is -3.64. The van der Waals surface area contributed by atoms with E-state index in [1.165, 1.54) is 37.1 Å². The van der Waals surface area contributed by atoms with E-state index in [1.54, 1.807) is 6.92 Å². The molecule has 1 aromatic heterocycles. The summed E-state index contributed by atoms with van der Waals surface area (Å²) in [6.07, 6.45) is 0. The molecular weight excluding hydrogens is 472 g/mol. The second-order valence-corrected chi connectivity index (χ2v) is 9.20. The molecule has 1 aliphatic rings. The van der Waals surface area contributed by atoms with E-state index in [0.717, 1.165) is 11.3 Å². The first-order valence-electron chi connectivity index (χ1n) is 11.0. The number of morpholine rings is 1. The van der Waals surface area contributed by atoms with Crippen molar-refractivity contribution in [1.82, 2.24) is 14.8 Å². The summed E-state index contributed by atoms with van der Waals surface area (Å²) in [6, 6.07) is 12.0. The summed E-state index contributed by atoms with van der Waals surface area (Å²) >= 11 is 1.25. The largest absolute Gasteiger partial charge is 0.495 e. The Kier molecular flexibility index (Phi) is 7.51. The molecule has 0 bridgehead atoms. The van der Waals surface area contributed by atoms with Crippen LogP contribution in [0.15, 0.2) is 47.6 Å². The number of aryl methyl sites for hydroxylation is 1. The third kappa shape index (κ3) is 5.38. The van der Waals surface area contributed by atoms with Crippen LogP contribution in [0.25, 0.3) is 5.69 Å². The molecule has 1 fully saturated rings. The Balaban J connectivity index is 1.61. The van der Waals surface area contributed by atoms with E-state index in [4.69, 9.17) is 9.47 Å². The molecule has 0 spiro atoms. The van der Waals surface area contributed by atoms with Crippen molar-refractivity contribution in [3.8, 4) is 11.4 Å². The minimum atomic E-state index is -0.580. The van der Waals surface area contributed by atoms with E-state index >= 15 is 0 Å². The van der Waals surface area contributed by atoms with Gasteiger partial charge in [-0.1, -0.05) is 30.0 Å². The number of thioether (sulfide) groups is 1. The highest BCUT2D eigenvalue weighted by Gasteiger charge is 2.26. The second kappa shape index (κ2) is 10.7. The number of aromatic nitrogens is 3. The number of rotatable bonds is 8. The second-order valence-electron chi connectivity index (χ2n) is 7.89. The Morgan fingerprint density at radius 1 is 1.23 bits per heavy atom. The summed E-state index contributed by atoms with van der Waals surface area (Å²) in [7, 11) is 1.44. The fourth-order valence-electron chi connectivity index (χ4n) is 3.69. The molecule has 184 valence electrons. The normalized spacial score (nSPS) is 14.4. The Labute approximate surface area is 206 Å². The molecule has 11 nitrogen and oxygen atoms in total. The number of anilines is 2. The Bertz CT molecular complexity index is 1230. The van der Waals surface area contributed by atoms with Crippen LogP contribution in [0.4, 0.5) is 17.3 Å². The summed E-state index contributed by atoms with van der Waals surface area (Å²) in [5.41, 5.74) is 2.06. The SMILES string of the molecule is COc1ccc([N+](=O)[O-])cc1NC(=O)C(C)Sc1nnc(N2CCOCC2)n1-c1ccccc1C. The maximum Gasteiger partial charge on any atom is 0.271 e. The van der Waals surface area contributed by atoms with Gasteiger partial charge in [0.05, 0.1) is 41.9 Å². The van der Waals surface area contributed by atoms with Crippen molar-refractivity contribution in [2.24, 2.45) is 0 Å². The van der Waals surface area contributed by atoms with Crippen molar-refractivity contribution in [2.75, 3.05) is 43.6 Å². The molecule has 12 heteroatoms. The van der Waals surface area contributed by atoms with Crippen LogP contribution in [-0.4, -0.2) is 64.3 Å². The number of methoxy groups -OCH3 is 1. The van der Waals surface area contributed by atoms with Crippen LogP contribution in [0, 0.1) is 17.0 Å². The molecule has 0 aliphatic carbocycles. The van der Waals surface area contributed by atoms with Crippen LogP contribution in [-0.2, 0) is 9.53 Å². The first kappa shape index (κ1) is 24.5. The van der Waals surface area contributed by atoms with Crippen molar-refractivity contribution in [3.63, 3.8) is 0 Å². The summed E-state index contributed by atoms with van der Waals surface area (Å²) in [5.74, 6) is 0.679. The topological polar surface area (TPSA) is 125 Å². The third-order valence-corrected chi connectivity index (χ3v) is 6.61. The maximum absolute atomic E-state index is 13.0. The molecule has 3 aromatic rings. The maximum atomic E-state index is 13.0. The zero-order chi connectivity index (χ0) is 24.9. The van der Waals surface area contributed by atoms with Crippen LogP contribution >= 0.6 is 11.8 Å². The van der Waals surface area contributed by atoms with Gasteiger partial charge in [-0.25, -0.2) is 0 Å². The number of para-hydroxylation sites is 1. The molecule has 1 saturated heterocycles. The van der Waals surface area contributed by atoms with E-state index in [9.17, 15) is 14.9 Å². The van der Waals surface area contributed by atoms with Crippen molar-refractivity contribution in [3.05, 3.63) is 58.1 Å². The van der Waals surface area contributed by atoms with Gasteiger partial charge in [0, 0.05) is 25.2 Å². The Morgan fingerprint density at radius 2 is 1.97 bits per heavy atom. The number of nitrogens with one attached hydrogen (secondary N) is 1. The molecule has 1 aliphatic heterocycles. The fraction of sp³-hybridized carbons (Fsp3) is 0.348. The van der Waals surface area contributed by atoms with Gasteiger partial charge in [0.1, 0.15) is 5.75 Å². The highest BCUT2D eigenvalue weighted by Crippen LogP contribution is 2.33. The summed E-state index contributed by atoms with van der Waals surface area (Å²) in [4.78, 5) is 25.8. The summed E-state index contributed by atoms with van der Waals surface area (Å²) in [5, 5.41) is 22.7. The van der Waals surface area contributed by atoms with Gasteiger partial charge in [0.15, 0.2) is 5.16 Å². The van der Waals surface area contributed by atoms with Gasteiger partial charge in [0.25, 0.3) is 5.69 Å². The molecule has 1 N–H and O–H groups in total. The highest BCUT2D eigenvalue weighted by atomic mass is 32.2. The van der Waals surface area contributed by atoms with Crippen LogP contribution in [0.1, 0.15) is 12.5 Å². The van der Waals surface area contributed by atoms with Gasteiger partial charge in [-0.05, 0) is 31.5 Å². The minimum Gasteiger partial charge on any atom is -0.495 e. The number of benzene rings is 2. The lowest BCUT2D eigenvalue weighted by Gasteiger charge is -2.28. The molecule has 2 heterocycles. The van der Waals surface area contributed by atoms with Gasteiger partial charge in [0.2, 0.25) is 11.9 Å². The number of ether oxygens (including phenoxy) is 2. The van der Waals surface area contributed by atoms with Crippen LogP contribution < -0.4 is 15.0 Å². The van der Waals surface area contributed by atoms with Crippen LogP contribution in [0.2, 0.25) is 0 Å². The average Bonchev–Trinajstić information content (AvgIpc) is 3.27. The van der Waals surface area contributed by atoms with E-state index in [0.29, 0.717) is 43.2 Å². The van der Waals surface area contributed by atoms with Gasteiger partial charge in [-0.15, -0.1) is 10.2 Å². The molecule has 4 rings (SSSR count). The summed E-state index contributed by atoms with van der Waals surface area (Å²) < 4.78 is 12.7. The number of hydrogen-bond donors (Lipinski definition) is 1. The number of hydrogen-bond acceptors (Lipinski definition) is 9. The van der Waals surface area contributed by atoms with Crippen molar-refractivity contribution in [2.45, 2.75) is 24.3 Å². The predicted molar refractivity (Wildman–Crippen MR) is 133 cm³/mol. The van der Waals surface area contributed by atoms with E-state index in [2.05, 4.69) is 20.4 Å². The summed E-state index contributed by atoms with van der Waals surface area (Å²) in [6.45, 7) is 6.35. The lowest BCUT2D eigenvalue weighted by atomic mass is 10.2. The standard InChI is InChI=1S/C23H26N6O5S/c1-15-6-4-5-7-19(15)28-22(27-10-12-34-13-11-27)25-26-23(28)35-16(2)21(30)24-18-14-17(29(31)32)8-9-20(18)33-3/h4-9,14,16H,10-13H2,1-3H3,(H,24,30). The van der Waals surface area contributed by atoms with Gasteiger partial charge >= 0.3 is 0 Å². The molecule has 35 heavy (non-hydrogen) atoms. The molecule has 0 radical (unpaired) electrons. The zero-order valence-electron chi connectivity index (χ0n) is 19.6. The number of nitro groups is 1. The lowest BCUT2D eigenvalue weighted by molar-refractivity contribution is -0.384. The number of non-ortho nitro benzene ring substituents is 1. The molecule has 1 amide bonds. The Morgan fingerprint density at radius 3 is 2.66 bits per heavy atom. The molecular formula is C23H26N6O5S.